The highest BCUT2D eigenvalue weighted by Crippen LogP contribution is 2.23. The van der Waals surface area contributed by atoms with Crippen molar-refractivity contribution in [1.82, 2.24) is 3.97 Å². The van der Waals surface area contributed by atoms with Gasteiger partial charge in [0.25, 0.3) is 10.0 Å². The van der Waals surface area contributed by atoms with E-state index in [2.05, 4.69) is 0 Å². The molecule has 154 valence electrons. The molecule has 0 unspecified atom stereocenters. The zero-order valence-corrected chi connectivity index (χ0v) is 17.6. The highest BCUT2D eigenvalue weighted by molar-refractivity contribution is 7.90. The molecule has 0 saturated carbocycles. The molecule has 6 nitrogen and oxygen atoms in total. The molecule has 5 rings (SSSR count). The SMILES string of the molecule is Cc1ccc(S(=O)(=O)n2c3c(=O)c4ccccc4c(=O)c=3oc3cc(C)ccc32)cc1. The molecule has 0 spiro atoms. The Kier molecular flexibility index (Phi) is 4.13. The molecule has 0 amide bonds. The van der Waals surface area contributed by atoms with E-state index in [0.717, 1.165) is 15.1 Å². The molecule has 0 fully saturated rings. The van der Waals surface area contributed by atoms with Gasteiger partial charge in [0.05, 0.1) is 4.90 Å². The smallest absolute Gasteiger partial charge is 0.269 e. The van der Waals surface area contributed by atoms with Gasteiger partial charge in [0.2, 0.25) is 16.3 Å². The van der Waals surface area contributed by atoms with Gasteiger partial charge in [0.1, 0.15) is 5.52 Å². The molecule has 1 aliphatic heterocycles. The van der Waals surface area contributed by atoms with Gasteiger partial charge in [-0.15, -0.1) is 0 Å². The number of nitrogens with zero attached hydrogens (tertiary/aromatic N) is 1. The van der Waals surface area contributed by atoms with Gasteiger partial charge in [0.15, 0.2) is 10.9 Å². The Bertz CT molecular complexity index is 1800. The summed E-state index contributed by atoms with van der Waals surface area (Å²) in [5.41, 5.74) is 0.728. The van der Waals surface area contributed by atoms with Crippen molar-refractivity contribution in [2.75, 3.05) is 0 Å². The van der Waals surface area contributed by atoms with E-state index in [9.17, 15) is 18.0 Å². The third-order valence-electron chi connectivity index (χ3n) is 5.36. The quantitative estimate of drug-likeness (QED) is 0.426. The summed E-state index contributed by atoms with van der Waals surface area (Å²) in [4.78, 5) is 26.6. The van der Waals surface area contributed by atoms with Crippen molar-refractivity contribution in [3.8, 4) is 0 Å². The summed E-state index contributed by atoms with van der Waals surface area (Å²) < 4.78 is 34.3. The summed E-state index contributed by atoms with van der Waals surface area (Å²) in [7, 11) is -4.21. The van der Waals surface area contributed by atoms with Crippen LogP contribution in [-0.4, -0.2) is 12.4 Å². The number of benzene rings is 3. The van der Waals surface area contributed by atoms with E-state index >= 15 is 0 Å². The summed E-state index contributed by atoms with van der Waals surface area (Å²) in [5.74, 6) is 0. The van der Waals surface area contributed by atoms with Gasteiger partial charge < -0.3 is 4.42 Å². The third-order valence-corrected chi connectivity index (χ3v) is 7.09. The maximum atomic E-state index is 13.7. The Morgan fingerprint density at radius 2 is 1.39 bits per heavy atom. The van der Waals surface area contributed by atoms with Crippen LogP contribution in [0.5, 0.6) is 0 Å². The van der Waals surface area contributed by atoms with Crippen molar-refractivity contribution in [3.05, 3.63) is 109 Å². The summed E-state index contributed by atoms with van der Waals surface area (Å²) in [6.07, 6.45) is 0. The Labute approximate surface area is 176 Å². The van der Waals surface area contributed by atoms with Crippen molar-refractivity contribution < 1.29 is 12.8 Å². The van der Waals surface area contributed by atoms with Crippen LogP contribution in [0, 0.1) is 24.6 Å². The molecule has 0 atom stereocenters. The predicted molar refractivity (Wildman–Crippen MR) is 118 cm³/mol. The summed E-state index contributed by atoms with van der Waals surface area (Å²) in [6.45, 7) is 3.68. The molecule has 1 aliphatic carbocycles. The van der Waals surface area contributed by atoms with Gasteiger partial charge in [-0.2, -0.15) is 0 Å². The lowest BCUT2D eigenvalue weighted by Crippen LogP contribution is -2.25. The van der Waals surface area contributed by atoms with E-state index in [0.29, 0.717) is 0 Å². The van der Waals surface area contributed by atoms with Gasteiger partial charge in [-0.3, -0.25) is 9.59 Å². The second-order valence-corrected chi connectivity index (χ2v) is 9.32. The highest BCUT2D eigenvalue weighted by Gasteiger charge is 2.24. The van der Waals surface area contributed by atoms with Crippen molar-refractivity contribution in [2.45, 2.75) is 18.7 Å². The molecule has 1 heterocycles. The van der Waals surface area contributed by atoms with Gasteiger partial charge in [-0.05, 0) is 43.7 Å². The van der Waals surface area contributed by atoms with Crippen LogP contribution < -0.4 is 10.9 Å². The normalized spacial score (nSPS) is 12.1. The van der Waals surface area contributed by atoms with Crippen LogP contribution in [0.1, 0.15) is 11.1 Å². The molecular formula is C24H17NO5S. The molecular weight excluding hydrogens is 414 g/mol. The minimum Gasteiger partial charge on any atom is -0.449 e. The fourth-order valence-corrected chi connectivity index (χ4v) is 5.29. The third kappa shape index (κ3) is 2.81. The van der Waals surface area contributed by atoms with Crippen molar-refractivity contribution in [2.24, 2.45) is 0 Å². The van der Waals surface area contributed by atoms with Crippen LogP contribution >= 0.6 is 0 Å². The Morgan fingerprint density at radius 1 is 0.774 bits per heavy atom. The maximum absolute atomic E-state index is 13.7. The zero-order chi connectivity index (χ0) is 21.9. The molecule has 7 heteroatoms. The molecule has 31 heavy (non-hydrogen) atoms. The molecule has 0 radical (unpaired) electrons. The number of rotatable bonds is 2. The van der Waals surface area contributed by atoms with Crippen LogP contribution in [0.15, 0.2) is 85.6 Å². The lowest BCUT2D eigenvalue weighted by atomic mass is 10.1. The van der Waals surface area contributed by atoms with E-state index in [-0.39, 0.29) is 37.5 Å². The van der Waals surface area contributed by atoms with Gasteiger partial charge >= 0.3 is 0 Å². The first-order valence-electron chi connectivity index (χ1n) is 9.62. The van der Waals surface area contributed by atoms with Gasteiger partial charge in [0, 0.05) is 10.8 Å². The summed E-state index contributed by atoms with van der Waals surface area (Å²) >= 11 is 0. The first kappa shape index (κ1) is 19.3. The van der Waals surface area contributed by atoms with E-state index in [1.54, 1.807) is 42.5 Å². The Morgan fingerprint density at radius 3 is 2.06 bits per heavy atom. The molecule has 0 N–H and O–H groups in total. The molecule has 3 aromatic carbocycles. The van der Waals surface area contributed by atoms with Crippen molar-refractivity contribution in [3.63, 3.8) is 0 Å². The molecule has 0 bridgehead atoms. The highest BCUT2D eigenvalue weighted by atomic mass is 32.2. The number of fused-ring (bicyclic) bond motifs is 2. The minimum absolute atomic E-state index is 0.0116. The average Bonchev–Trinajstić information content (AvgIpc) is 2.76. The molecule has 0 saturated heterocycles. The summed E-state index contributed by atoms with van der Waals surface area (Å²) in [5, 5.41) is 0.0465. The van der Waals surface area contributed by atoms with E-state index in [4.69, 9.17) is 4.42 Å². The minimum atomic E-state index is -4.21. The second-order valence-electron chi connectivity index (χ2n) is 7.54. The fourth-order valence-electron chi connectivity index (χ4n) is 3.79. The van der Waals surface area contributed by atoms with Crippen LogP contribution in [0.25, 0.3) is 21.9 Å². The first-order chi connectivity index (χ1) is 14.8. The van der Waals surface area contributed by atoms with Crippen LogP contribution in [0.3, 0.4) is 0 Å². The van der Waals surface area contributed by atoms with E-state index < -0.39 is 20.9 Å². The van der Waals surface area contributed by atoms with Crippen molar-refractivity contribution in [1.29, 1.82) is 0 Å². The summed E-state index contributed by atoms with van der Waals surface area (Å²) in [6, 6.07) is 17.6. The number of hydrogen-bond acceptors (Lipinski definition) is 5. The van der Waals surface area contributed by atoms with Crippen LogP contribution in [0.4, 0.5) is 0 Å². The topological polar surface area (TPSA) is 86.4 Å². The predicted octanol–water partition coefficient (Wildman–Crippen LogP) is 3.69. The maximum Gasteiger partial charge on any atom is 0.269 e. The standard InChI is InChI=1S/C24H17NO5S/c1-14-7-10-16(11-8-14)31(28,29)25-19-12-9-15(2)13-20(19)30-24-21(25)22(26)17-5-3-4-6-18(17)23(24)27/h3-13H,1-2H3. The molecule has 3 aromatic rings. The van der Waals surface area contributed by atoms with Crippen LogP contribution in [0.2, 0.25) is 0 Å². The number of aromatic nitrogens is 1. The van der Waals surface area contributed by atoms with E-state index in [1.165, 1.54) is 24.3 Å². The number of aryl methyl sites for hydroxylation is 2. The van der Waals surface area contributed by atoms with E-state index in [1.807, 2.05) is 13.8 Å². The number of hydrogen-bond donors (Lipinski definition) is 0. The lowest BCUT2D eigenvalue weighted by Gasteiger charge is -2.14. The molecule has 2 aliphatic rings. The zero-order valence-electron chi connectivity index (χ0n) is 16.7. The average molecular weight is 431 g/mol. The van der Waals surface area contributed by atoms with Gasteiger partial charge in [-0.1, -0.05) is 48.0 Å². The second kappa shape index (κ2) is 6.65. The monoisotopic (exact) mass is 431 g/mol. The largest absolute Gasteiger partial charge is 0.449 e. The van der Waals surface area contributed by atoms with Gasteiger partial charge in [-0.25, -0.2) is 12.4 Å². The molecule has 0 aromatic heterocycles. The van der Waals surface area contributed by atoms with Crippen LogP contribution in [-0.2, 0) is 10.0 Å². The fraction of sp³-hybridized carbons (Fsp3) is 0.0833. The lowest BCUT2D eigenvalue weighted by molar-refractivity contribution is 0.545. The van der Waals surface area contributed by atoms with Crippen molar-refractivity contribution >= 4 is 31.9 Å². The Hall–Kier alpha value is -3.71. The first-order valence-corrected chi connectivity index (χ1v) is 11.1. The Balaban J connectivity index is 2.12.